The Morgan fingerprint density at radius 1 is 1.23 bits per heavy atom. The number of hydrogen-bond acceptors (Lipinski definition) is 3. The summed E-state index contributed by atoms with van der Waals surface area (Å²) in [6.07, 6.45) is 7.49. The molecule has 0 saturated heterocycles. The fourth-order valence-electron chi connectivity index (χ4n) is 3.17. The highest BCUT2D eigenvalue weighted by Gasteiger charge is 2.16. The normalized spacial score (nSPS) is 17.7. The fraction of sp³-hybridized carbons (Fsp3) is 0.150. The standard InChI is InChI=1S/C20H20N4OS/c21-16(19(22)25)12-13-3-5-14(6-4-13)17-2-1-11-26(17)18-8-10-24-20-15(18)7-9-23-20/h2-11,16H,1,12,21H2,(H2,22,25)(H,23,24)/t16-,26?/m0/s1. The number of aromatic amines is 1. The lowest BCUT2D eigenvalue weighted by atomic mass is 10.0. The van der Waals surface area contributed by atoms with Gasteiger partial charge in [0.15, 0.2) is 0 Å². The van der Waals surface area contributed by atoms with Crippen molar-refractivity contribution in [3.05, 3.63) is 66.0 Å². The topological polar surface area (TPSA) is 97.8 Å². The van der Waals surface area contributed by atoms with Crippen LogP contribution in [-0.2, 0) is 11.2 Å². The van der Waals surface area contributed by atoms with Crippen LogP contribution in [0.5, 0.6) is 0 Å². The Kier molecular flexibility index (Phi) is 4.44. The van der Waals surface area contributed by atoms with Gasteiger partial charge in [-0.15, -0.1) is 10.5 Å². The number of allylic oxidation sites excluding steroid dienone is 1. The summed E-state index contributed by atoms with van der Waals surface area (Å²) in [6, 6.07) is 11.8. The highest BCUT2D eigenvalue weighted by molar-refractivity contribution is 8.23. The van der Waals surface area contributed by atoms with E-state index in [0.29, 0.717) is 6.42 Å². The summed E-state index contributed by atoms with van der Waals surface area (Å²) >= 11 is 0. The number of amides is 1. The maximum absolute atomic E-state index is 11.1. The molecule has 26 heavy (non-hydrogen) atoms. The third-order valence-electron chi connectivity index (χ3n) is 4.52. The van der Waals surface area contributed by atoms with Gasteiger partial charge in [0.1, 0.15) is 5.65 Å². The molecule has 5 N–H and O–H groups in total. The number of H-pyrrole nitrogens is 1. The predicted molar refractivity (Wildman–Crippen MR) is 108 cm³/mol. The third kappa shape index (κ3) is 3.09. The summed E-state index contributed by atoms with van der Waals surface area (Å²) in [5, 5.41) is 3.53. The molecule has 5 nitrogen and oxygen atoms in total. The van der Waals surface area contributed by atoms with Gasteiger partial charge in [-0.25, -0.2) is 4.98 Å². The number of nitrogens with two attached hydrogens (primary N) is 2. The van der Waals surface area contributed by atoms with Crippen LogP contribution in [-0.4, -0.2) is 27.3 Å². The molecule has 0 aliphatic carbocycles. The van der Waals surface area contributed by atoms with E-state index in [0.717, 1.165) is 17.6 Å². The van der Waals surface area contributed by atoms with Crippen LogP contribution in [0.3, 0.4) is 0 Å². The second-order valence-corrected chi connectivity index (χ2v) is 8.16. The van der Waals surface area contributed by atoms with Crippen molar-refractivity contribution in [3.63, 3.8) is 0 Å². The summed E-state index contributed by atoms with van der Waals surface area (Å²) in [5.41, 5.74) is 14.1. The molecule has 0 radical (unpaired) electrons. The van der Waals surface area contributed by atoms with Crippen LogP contribution in [0.25, 0.3) is 15.9 Å². The van der Waals surface area contributed by atoms with Gasteiger partial charge in [-0.2, -0.15) is 0 Å². The van der Waals surface area contributed by atoms with Crippen LogP contribution in [0.2, 0.25) is 0 Å². The number of carbonyl (C=O) groups is 1. The first kappa shape index (κ1) is 16.8. The Bertz CT molecular complexity index is 1030. The van der Waals surface area contributed by atoms with Gasteiger partial charge < -0.3 is 16.5 Å². The molecule has 4 rings (SSSR count). The maximum Gasteiger partial charge on any atom is 0.234 e. The highest BCUT2D eigenvalue weighted by atomic mass is 32.2. The number of aromatic nitrogens is 2. The van der Waals surface area contributed by atoms with E-state index in [4.69, 9.17) is 11.5 Å². The third-order valence-corrected chi connectivity index (χ3v) is 6.75. The van der Waals surface area contributed by atoms with E-state index in [2.05, 4.69) is 45.7 Å². The first-order valence-electron chi connectivity index (χ1n) is 8.46. The fourth-order valence-corrected chi connectivity index (χ4v) is 5.33. The van der Waals surface area contributed by atoms with E-state index in [1.165, 1.54) is 20.8 Å². The zero-order valence-electron chi connectivity index (χ0n) is 14.2. The first-order valence-corrected chi connectivity index (χ1v) is 9.75. The highest BCUT2D eigenvalue weighted by Crippen LogP contribution is 2.46. The zero-order chi connectivity index (χ0) is 18.1. The van der Waals surface area contributed by atoms with Gasteiger partial charge >= 0.3 is 0 Å². The molecule has 0 saturated carbocycles. The minimum absolute atomic E-state index is 0.0798. The van der Waals surface area contributed by atoms with E-state index in [1.807, 2.05) is 24.5 Å². The number of pyridine rings is 1. The van der Waals surface area contributed by atoms with Crippen LogP contribution >= 0.6 is 10.5 Å². The lowest BCUT2D eigenvalue weighted by Gasteiger charge is -2.13. The van der Waals surface area contributed by atoms with Crippen molar-refractivity contribution < 1.29 is 4.79 Å². The SMILES string of the molecule is NC(=O)[C@@H](N)Cc1ccc(C2=CCC=S2c2ccnc3[nH]ccc23)cc1. The van der Waals surface area contributed by atoms with Gasteiger partial charge in [0.05, 0.1) is 6.04 Å². The molecule has 1 aliphatic rings. The minimum Gasteiger partial charge on any atom is -0.368 e. The molecule has 3 aromatic rings. The van der Waals surface area contributed by atoms with Gasteiger partial charge in [-0.3, -0.25) is 4.79 Å². The smallest absolute Gasteiger partial charge is 0.234 e. The van der Waals surface area contributed by atoms with Crippen LogP contribution in [0.15, 0.2) is 59.8 Å². The molecule has 1 amide bonds. The van der Waals surface area contributed by atoms with E-state index in [1.54, 1.807) is 0 Å². The molecule has 1 aliphatic heterocycles. The van der Waals surface area contributed by atoms with Crippen molar-refractivity contribution in [2.75, 3.05) is 0 Å². The van der Waals surface area contributed by atoms with E-state index in [9.17, 15) is 4.79 Å². The van der Waals surface area contributed by atoms with Crippen molar-refractivity contribution in [1.29, 1.82) is 0 Å². The Morgan fingerprint density at radius 2 is 2.04 bits per heavy atom. The Morgan fingerprint density at radius 3 is 2.81 bits per heavy atom. The number of hydrogen-bond donors (Lipinski definition) is 3. The molecular weight excluding hydrogens is 344 g/mol. The van der Waals surface area contributed by atoms with Crippen molar-refractivity contribution in [3.8, 4) is 0 Å². The average Bonchev–Trinajstić information content (AvgIpc) is 3.31. The van der Waals surface area contributed by atoms with Crippen molar-refractivity contribution >= 4 is 37.7 Å². The minimum atomic E-state index is -0.645. The van der Waals surface area contributed by atoms with Crippen LogP contribution < -0.4 is 11.5 Å². The number of benzene rings is 1. The second-order valence-electron chi connectivity index (χ2n) is 6.27. The molecule has 1 unspecified atom stereocenters. The number of fused-ring (bicyclic) bond motifs is 1. The number of nitrogens with zero attached hydrogens (tertiary/aromatic N) is 1. The molecule has 3 heterocycles. The van der Waals surface area contributed by atoms with Crippen LogP contribution in [0, 0.1) is 0 Å². The van der Waals surface area contributed by atoms with E-state index in [-0.39, 0.29) is 10.5 Å². The summed E-state index contributed by atoms with van der Waals surface area (Å²) in [7, 11) is -0.0798. The molecule has 0 fully saturated rings. The monoisotopic (exact) mass is 364 g/mol. The molecule has 2 atom stereocenters. The van der Waals surface area contributed by atoms with Gasteiger partial charge in [0.2, 0.25) is 5.91 Å². The van der Waals surface area contributed by atoms with Crippen molar-refractivity contribution in [2.45, 2.75) is 23.8 Å². The summed E-state index contributed by atoms with van der Waals surface area (Å²) in [4.78, 5) is 21.3. The number of primary amides is 1. The van der Waals surface area contributed by atoms with E-state index < -0.39 is 11.9 Å². The zero-order valence-corrected chi connectivity index (χ0v) is 15.0. The molecule has 132 valence electrons. The van der Waals surface area contributed by atoms with Crippen LogP contribution in [0.1, 0.15) is 17.5 Å². The maximum atomic E-state index is 11.1. The summed E-state index contributed by atoms with van der Waals surface area (Å²) in [6.45, 7) is 0. The number of rotatable bonds is 5. The Balaban J connectivity index is 1.63. The Hall–Kier alpha value is -2.70. The summed E-state index contributed by atoms with van der Waals surface area (Å²) in [5.74, 6) is -0.475. The average molecular weight is 364 g/mol. The molecule has 0 bridgehead atoms. The molecule has 1 aromatic carbocycles. The summed E-state index contributed by atoms with van der Waals surface area (Å²) < 4.78 is 0. The molecule has 6 heteroatoms. The van der Waals surface area contributed by atoms with Crippen molar-refractivity contribution in [1.82, 2.24) is 9.97 Å². The number of carbonyl (C=O) groups excluding carboxylic acids is 1. The number of nitrogens with one attached hydrogen (secondary N) is 1. The second kappa shape index (κ2) is 6.90. The Labute approximate surface area is 154 Å². The van der Waals surface area contributed by atoms with Gasteiger partial charge in [-0.1, -0.05) is 30.3 Å². The van der Waals surface area contributed by atoms with Gasteiger partial charge in [-0.05, 0) is 41.5 Å². The quantitative estimate of drug-likeness (QED) is 0.607. The van der Waals surface area contributed by atoms with Gasteiger partial charge in [0.25, 0.3) is 0 Å². The molecule has 0 spiro atoms. The van der Waals surface area contributed by atoms with Gasteiger partial charge in [0, 0.05) is 27.6 Å². The molecular formula is C20H20N4OS. The lowest BCUT2D eigenvalue weighted by molar-refractivity contribution is -0.119. The molecule has 2 aromatic heterocycles. The first-order chi connectivity index (χ1) is 12.6. The van der Waals surface area contributed by atoms with E-state index >= 15 is 0 Å². The largest absolute Gasteiger partial charge is 0.368 e. The lowest BCUT2D eigenvalue weighted by Crippen LogP contribution is -2.38. The van der Waals surface area contributed by atoms with Crippen molar-refractivity contribution in [2.24, 2.45) is 11.5 Å². The predicted octanol–water partition coefficient (Wildman–Crippen LogP) is 2.79. The van der Waals surface area contributed by atoms with Crippen LogP contribution in [0.4, 0.5) is 0 Å².